The lowest BCUT2D eigenvalue weighted by Gasteiger charge is -2.27. The van der Waals surface area contributed by atoms with Gasteiger partial charge in [-0.15, -0.1) is 24.8 Å². The van der Waals surface area contributed by atoms with E-state index in [1.54, 1.807) is 6.20 Å². The summed E-state index contributed by atoms with van der Waals surface area (Å²) in [5.74, 6) is 1.10. The van der Waals surface area contributed by atoms with Crippen molar-refractivity contribution in [1.29, 1.82) is 0 Å². The van der Waals surface area contributed by atoms with Crippen molar-refractivity contribution in [3.8, 4) is 0 Å². The number of morpholine rings is 1. The summed E-state index contributed by atoms with van der Waals surface area (Å²) in [6.07, 6.45) is 2.64. The molecule has 6 nitrogen and oxygen atoms in total. The maximum atomic E-state index is 12.0. The smallest absolute Gasteiger partial charge is 0.228 e. The van der Waals surface area contributed by atoms with E-state index in [1.165, 1.54) is 0 Å². The van der Waals surface area contributed by atoms with Crippen molar-refractivity contribution in [2.75, 3.05) is 49.6 Å². The number of halogens is 2. The van der Waals surface area contributed by atoms with Crippen molar-refractivity contribution in [2.24, 2.45) is 5.92 Å². The Balaban J connectivity index is 0.00000121. The molecule has 0 spiro atoms. The minimum atomic E-state index is 0. The van der Waals surface area contributed by atoms with Crippen LogP contribution in [0.5, 0.6) is 0 Å². The molecule has 2 saturated heterocycles. The number of carbonyl (C=O) groups is 1. The predicted molar refractivity (Wildman–Crippen MR) is 91.4 cm³/mol. The van der Waals surface area contributed by atoms with Crippen molar-refractivity contribution in [1.82, 2.24) is 10.3 Å². The van der Waals surface area contributed by atoms with E-state index in [0.29, 0.717) is 0 Å². The molecular formula is C14H22Cl2N4O2. The van der Waals surface area contributed by atoms with Gasteiger partial charge in [-0.3, -0.25) is 4.79 Å². The van der Waals surface area contributed by atoms with Crippen LogP contribution in [-0.2, 0) is 9.53 Å². The molecule has 1 aromatic heterocycles. The molecule has 0 saturated carbocycles. The molecule has 2 fully saturated rings. The largest absolute Gasteiger partial charge is 0.378 e. The van der Waals surface area contributed by atoms with E-state index < -0.39 is 0 Å². The molecule has 0 aliphatic carbocycles. The Morgan fingerprint density at radius 2 is 2.09 bits per heavy atom. The Labute approximate surface area is 142 Å². The van der Waals surface area contributed by atoms with Crippen molar-refractivity contribution >= 4 is 42.2 Å². The standard InChI is InChI=1S/C14H20N4O2.2ClH/c19-14(11-3-4-15-9-11)17-12-1-2-13(16-10-12)18-5-7-20-8-6-18;;/h1-2,10-11,15H,3-9H2,(H,17,19);2*1H. The highest BCUT2D eigenvalue weighted by molar-refractivity contribution is 5.92. The number of amides is 1. The average Bonchev–Trinajstić information content (AvgIpc) is 3.03. The number of aromatic nitrogens is 1. The zero-order chi connectivity index (χ0) is 13.8. The van der Waals surface area contributed by atoms with Crippen LogP contribution in [0.15, 0.2) is 18.3 Å². The number of pyridine rings is 1. The van der Waals surface area contributed by atoms with Gasteiger partial charge in [0.05, 0.1) is 31.0 Å². The molecule has 0 radical (unpaired) electrons. The van der Waals surface area contributed by atoms with Crippen LogP contribution in [0.2, 0.25) is 0 Å². The van der Waals surface area contributed by atoms with E-state index in [1.807, 2.05) is 12.1 Å². The number of hydrogen-bond acceptors (Lipinski definition) is 5. The fraction of sp³-hybridized carbons (Fsp3) is 0.571. The highest BCUT2D eigenvalue weighted by Gasteiger charge is 2.22. The monoisotopic (exact) mass is 348 g/mol. The van der Waals surface area contributed by atoms with Gasteiger partial charge in [-0.05, 0) is 25.1 Å². The summed E-state index contributed by atoms with van der Waals surface area (Å²) in [6, 6.07) is 3.87. The lowest BCUT2D eigenvalue weighted by Crippen LogP contribution is -2.36. The first-order valence-electron chi connectivity index (χ1n) is 7.13. The van der Waals surface area contributed by atoms with Gasteiger partial charge in [-0.25, -0.2) is 4.98 Å². The van der Waals surface area contributed by atoms with Gasteiger partial charge in [-0.2, -0.15) is 0 Å². The van der Waals surface area contributed by atoms with Crippen LogP contribution in [0.3, 0.4) is 0 Å². The van der Waals surface area contributed by atoms with Gasteiger partial charge in [0.15, 0.2) is 0 Å². The number of nitrogens with one attached hydrogen (secondary N) is 2. The second kappa shape index (κ2) is 9.15. The van der Waals surface area contributed by atoms with Gasteiger partial charge in [0.25, 0.3) is 0 Å². The second-order valence-electron chi connectivity index (χ2n) is 5.18. The first kappa shape index (κ1) is 19.0. The molecule has 3 heterocycles. The Kier molecular flexibility index (Phi) is 7.89. The van der Waals surface area contributed by atoms with Crippen LogP contribution in [0, 0.1) is 5.92 Å². The molecule has 2 aliphatic rings. The topological polar surface area (TPSA) is 66.5 Å². The molecule has 124 valence electrons. The number of carbonyl (C=O) groups excluding carboxylic acids is 1. The van der Waals surface area contributed by atoms with Gasteiger partial charge < -0.3 is 20.3 Å². The predicted octanol–water partition coefficient (Wildman–Crippen LogP) is 1.31. The third-order valence-corrected chi connectivity index (χ3v) is 3.78. The summed E-state index contributed by atoms with van der Waals surface area (Å²) in [4.78, 5) is 18.6. The zero-order valence-corrected chi connectivity index (χ0v) is 13.9. The highest BCUT2D eigenvalue weighted by atomic mass is 35.5. The van der Waals surface area contributed by atoms with Crippen molar-refractivity contribution in [2.45, 2.75) is 6.42 Å². The minimum Gasteiger partial charge on any atom is -0.378 e. The maximum absolute atomic E-state index is 12.0. The van der Waals surface area contributed by atoms with Gasteiger partial charge in [0, 0.05) is 19.6 Å². The zero-order valence-electron chi connectivity index (χ0n) is 12.3. The third kappa shape index (κ3) is 4.71. The summed E-state index contributed by atoms with van der Waals surface area (Å²) in [5, 5.41) is 6.13. The summed E-state index contributed by atoms with van der Waals surface area (Å²) in [6.45, 7) is 4.92. The van der Waals surface area contributed by atoms with Crippen LogP contribution >= 0.6 is 24.8 Å². The summed E-state index contributed by atoms with van der Waals surface area (Å²) in [7, 11) is 0. The molecule has 1 aromatic rings. The Bertz CT molecular complexity index is 460. The van der Waals surface area contributed by atoms with Crippen LogP contribution in [0.4, 0.5) is 11.5 Å². The van der Waals surface area contributed by atoms with Crippen LogP contribution < -0.4 is 15.5 Å². The fourth-order valence-electron chi connectivity index (χ4n) is 2.56. The number of ether oxygens (including phenoxy) is 1. The van der Waals surface area contributed by atoms with E-state index >= 15 is 0 Å². The van der Waals surface area contributed by atoms with Crippen LogP contribution in [-0.4, -0.2) is 50.3 Å². The molecule has 1 atom stereocenters. The Morgan fingerprint density at radius 3 is 2.68 bits per heavy atom. The van der Waals surface area contributed by atoms with Crippen molar-refractivity contribution in [3.63, 3.8) is 0 Å². The van der Waals surface area contributed by atoms with Crippen LogP contribution in [0.25, 0.3) is 0 Å². The van der Waals surface area contributed by atoms with E-state index in [0.717, 1.165) is 57.3 Å². The van der Waals surface area contributed by atoms with E-state index in [2.05, 4.69) is 20.5 Å². The van der Waals surface area contributed by atoms with Crippen molar-refractivity contribution in [3.05, 3.63) is 18.3 Å². The second-order valence-corrected chi connectivity index (χ2v) is 5.18. The van der Waals surface area contributed by atoms with Gasteiger partial charge in [0.1, 0.15) is 5.82 Å². The molecule has 2 aliphatic heterocycles. The summed E-state index contributed by atoms with van der Waals surface area (Å²) < 4.78 is 5.32. The number of rotatable bonds is 3. The summed E-state index contributed by atoms with van der Waals surface area (Å²) >= 11 is 0. The lowest BCUT2D eigenvalue weighted by atomic mass is 10.1. The molecule has 1 unspecified atom stereocenters. The summed E-state index contributed by atoms with van der Waals surface area (Å²) in [5.41, 5.74) is 0.763. The Hall–Kier alpha value is -1.08. The number of hydrogen-bond donors (Lipinski definition) is 2. The highest BCUT2D eigenvalue weighted by Crippen LogP contribution is 2.17. The van der Waals surface area contributed by atoms with Crippen molar-refractivity contribution < 1.29 is 9.53 Å². The fourth-order valence-corrected chi connectivity index (χ4v) is 2.56. The van der Waals surface area contributed by atoms with Gasteiger partial charge >= 0.3 is 0 Å². The molecule has 0 aromatic carbocycles. The molecule has 0 bridgehead atoms. The average molecular weight is 349 g/mol. The van der Waals surface area contributed by atoms with E-state index in [4.69, 9.17) is 4.74 Å². The first-order valence-corrected chi connectivity index (χ1v) is 7.13. The quantitative estimate of drug-likeness (QED) is 0.861. The van der Waals surface area contributed by atoms with Gasteiger partial charge in [0.2, 0.25) is 5.91 Å². The number of anilines is 2. The Morgan fingerprint density at radius 1 is 1.32 bits per heavy atom. The molecular weight excluding hydrogens is 327 g/mol. The minimum absolute atomic E-state index is 0. The molecule has 22 heavy (non-hydrogen) atoms. The maximum Gasteiger partial charge on any atom is 0.228 e. The molecule has 3 rings (SSSR count). The van der Waals surface area contributed by atoms with Gasteiger partial charge in [-0.1, -0.05) is 0 Å². The van der Waals surface area contributed by atoms with E-state index in [-0.39, 0.29) is 36.6 Å². The molecule has 8 heteroatoms. The third-order valence-electron chi connectivity index (χ3n) is 3.78. The van der Waals surface area contributed by atoms with E-state index in [9.17, 15) is 4.79 Å². The molecule has 1 amide bonds. The normalized spacial score (nSPS) is 20.7. The number of nitrogens with zero attached hydrogens (tertiary/aromatic N) is 2. The SMILES string of the molecule is Cl.Cl.O=C(Nc1ccc(N2CCOCC2)nc1)C1CCNC1. The molecule has 2 N–H and O–H groups in total. The lowest BCUT2D eigenvalue weighted by molar-refractivity contribution is -0.119. The first-order chi connectivity index (χ1) is 9.83. The van der Waals surface area contributed by atoms with Crippen LogP contribution in [0.1, 0.15) is 6.42 Å².